The number of anilines is 1. The van der Waals surface area contributed by atoms with E-state index in [1.165, 1.54) is 0 Å². The Hall–Kier alpha value is -2.50. The van der Waals surface area contributed by atoms with Crippen molar-refractivity contribution < 1.29 is 13.2 Å². The predicted molar refractivity (Wildman–Crippen MR) is 75.1 cm³/mol. The summed E-state index contributed by atoms with van der Waals surface area (Å²) in [5.74, 6) is -0.812. The van der Waals surface area contributed by atoms with Gasteiger partial charge in [0.2, 0.25) is 0 Å². The van der Waals surface area contributed by atoms with Gasteiger partial charge in [-0.2, -0.15) is 0 Å². The molecule has 0 saturated carbocycles. The number of hydrogen-bond donors (Lipinski definition) is 1. The van der Waals surface area contributed by atoms with Crippen molar-refractivity contribution in [3.8, 4) is 0 Å². The number of aromatic nitrogens is 2. The lowest BCUT2D eigenvalue weighted by molar-refractivity contribution is 0.561. The van der Waals surface area contributed by atoms with Gasteiger partial charge in [-0.25, -0.2) is 13.8 Å². The van der Waals surface area contributed by atoms with E-state index in [2.05, 4.69) is 15.3 Å². The molecule has 0 bridgehead atoms. The summed E-state index contributed by atoms with van der Waals surface area (Å²) in [6, 6.07) is 5.63. The molecule has 0 spiro atoms. The summed E-state index contributed by atoms with van der Waals surface area (Å²) in [4.78, 5) is 7.76. The number of oxazole rings is 1. The summed E-state index contributed by atoms with van der Waals surface area (Å²) >= 11 is 0. The maximum atomic E-state index is 13.4. The van der Waals surface area contributed by atoms with Gasteiger partial charge in [-0.05, 0) is 18.1 Å². The van der Waals surface area contributed by atoms with Crippen LogP contribution in [0.1, 0.15) is 11.5 Å². The normalized spacial score (nSPS) is 11.0. The van der Waals surface area contributed by atoms with E-state index in [9.17, 15) is 8.78 Å². The fourth-order valence-electron chi connectivity index (χ4n) is 2.22. The smallest absolute Gasteiger partial charge is 0.192 e. The predicted octanol–water partition coefficient (Wildman–Crippen LogP) is 3.46. The number of nitrogens with one attached hydrogen (secondary N) is 1. The molecule has 3 rings (SSSR count). The van der Waals surface area contributed by atoms with Crippen LogP contribution in [0, 0.1) is 18.6 Å². The summed E-state index contributed by atoms with van der Waals surface area (Å²) < 4.78 is 32.3. The number of para-hydroxylation sites is 1. The molecule has 0 atom stereocenters. The molecule has 1 N–H and O–H groups in total. The molecule has 0 aliphatic rings. The second-order valence-corrected chi connectivity index (χ2v) is 4.65. The van der Waals surface area contributed by atoms with Crippen LogP contribution in [0.5, 0.6) is 0 Å². The third kappa shape index (κ3) is 2.69. The Labute approximate surface area is 119 Å². The van der Waals surface area contributed by atoms with Gasteiger partial charge in [0.05, 0.1) is 12.4 Å². The first kappa shape index (κ1) is 13.5. The molecule has 0 aliphatic heterocycles. The molecule has 0 saturated heterocycles. The van der Waals surface area contributed by atoms with Gasteiger partial charge in [0.15, 0.2) is 23.1 Å². The van der Waals surface area contributed by atoms with Crippen LogP contribution >= 0.6 is 0 Å². The van der Waals surface area contributed by atoms with Crippen LogP contribution in [-0.2, 0) is 6.42 Å². The zero-order valence-corrected chi connectivity index (χ0v) is 11.4. The van der Waals surface area contributed by atoms with Crippen molar-refractivity contribution in [2.75, 3.05) is 11.9 Å². The minimum Gasteiger partial charge on any atom is -0.441 e. The van der Waals surface area contributed by atoms with Gasteiger partial charge in [0.25, 0.3) is 0 Å². The maximum Gasteiger partial charge on any atom is 0.192 e. The average Bonchev–Trinajstić information content (AvgIpc) is 2.83. The number of nitrogens with zero attached hydrogens (tertiary/aromatic N) is 2. The van der Waals surface area contributed by atoms with Gasteiger partial charge in [-0.1, -0.05) is 12.1 Å². The molecule has 2 heterocycles. The Morgan fingerprint density at radius 3 is 2.71 bits per heavy atom. The second kappa shape index (κ2) is 5.47. The molecule has 0 aliphatic carbocycles. The Kier molecular flexibility index (Phi) is 3.51. The number of benzene rings is 1. The molecule has 6 heteroatoms. The lowest BCUT2D eigenvalue weighted by atomic mass is 10.1. The Morgan fingerprint density at radius 1 is 1.19 bits per heavy atom. The van der Waals surface area contributed by atoms with Gasteiger partial charge in [0.1, 0.15) is 11.2 Å². The van der Waals surface area contributed by atoms with E-state index in [-0.39, 0.29) is 5.69 Å². The van der Waals surface area contributed by atoms with Crippen molar-refractivity contribution in [2.45, 2.75) is 13.3 Å². The first-order valence-electron chi connectivity index (χ1n) is 6.53. The largest absolute Gasteiger partial charge is 0.441 e. The summed E-state index contributed by atoms with van der Waals surface area (Å²) in [7, 11) is 0. The molecule has 0 radical (unpaired) electrons. The second-order valence-electron chi connectivity index (χ2n) is 4.65. The quantitative estimate of drug-likeness (QED) is 0.799. The summed E-state index contributed by atoms with van der Waals surface area (Å²) in [5, 5.41) is 2.75. The first-order valence-corrected chi connectivity index (χ1v) is 6.53. The van der Waals surface area contributed by atoms with E-state index in [1.54, 1.807) is 6.92 Å². The average molecular weight is 289 g/mol. The molecule has 0 unspecified atom stereocenters. The molecule has 1 aromatic carbocycles. The van der Waals surface area contributed by atoms with E-state index >= 15 is 0 Å². The zero-order chi connectivity index (χ0) is 14.8. The summed E-state index contributed by atoms with van der Waals surface area (Å²) in [6.07, 6.45) is 2.53. The van der Waals surface area contributed by atoms with E-state index < -0.39 is 11.6 Å². The Morgan fingerprint density at radius 2 is 1.95 bits per heavy atom. The highest BCUT2D eigenvalue weighted by atomic mass is 19.1. The molecule has 0 amide bonds. The lowest BCUT2D eigenvalue weighted by Crippen LogP contribution is -2.08. The summed E-state index contributed by atoms with van der Waals surface area (Å²) in [6.45, 7) is 2.16. The van der Waals surface area contributed by atoms with Crippen LogP contribution in [-0.4, -0.2) is 16.5 Å². The SMILES string of the molecule is Cc1nc2c(CCNc3c(F)cncc3F)cccc2o1. The highest BCUT2D eigenvalue weighted by Gasteiger charge is 2.10. The Bertz CT molecular complexity index is 765. The van der Waals surface area contributed by atoms with Crippen LogP contribution in [0.25, 0.3) is 11.1 Å². The Balaban J connectivity index is 1.75. The number of aryl methyl sites for hydroxylation is 1. The molecule has 3 aromatic rings. The summed E-state index contributed by atoms with van der Waals surface area (Å²) in [5.41, 5.74) is 2.30. The molecular formula is C15H13F2N3O. The van der Waals surface area contributed by atoms with Crippen LogP contribution < -0.4 is 5.32 Å². The van der Waals surface area contributed by atoms with Crippen LogP contribution in [0.15, 0.2) is 35.0 Å². The van der Waals surface area contributed by atoms with E-state index in [0.717, 1.165) is 23.5 Å². The standard InChI is InChI=1S/C15H13F2N3O/c1-9-20-14-10(3-2-4-13(14)21-9)5-6-19-15-11(16)7-18-8-12(15)17/h2-4,7-8H,5-6H2,1H3,(H,18,19). The lowest BCUT2D eigenvalue weighted by Gasteiger charge is -2.08. The van der Waals surface area contributed by atoms with Crippen molar-refractivity contribution in [2.24, 2.45) is 0 Å². The van der Waals surface area contributed by atoms with Crippen LogP contribution in [0.3, 0.4) is 0 Å². The number of halogens is 2. The van der Waals surface area contributed by atoms with Gasteiger partial charge in [-0.15, -0.1) is 0 Å². The van der Waals surface area contributed by atoms with Crippen LogP contribution in [0.2, 0.25) is 0 Å². The third-order valence-electron chi connectivity index (χ3n) is 3.16. The topological polar surface area (TPSA) is 51.0 Å². The third-order valence-corrected chi connectivity index (χ3v) is 3.16. The number of pyridine rings is 1. The van der Waals surface area contributed by atoms with Crippen molar-refractivity contribution in [3.05, 3.63) is 53.7 Å². The van der Waals surface area contributed by atoms with Gasteiger partial charge < -0.3 is 9.73 Å². The van der Waals surface area contributed by atoms with E-state index in [0.29, 0.717) is 24.4 Å². The fraction of sp³-hybridized carbons (Fsp3) is 0.200. The number of fused-ring (bicyclic) bond motifs is 1. The van der Waals surface area contributed by atoms with Gasteiger partial charge in [-0.3, -0.25) is 4.98 Å². The van der Waals surface area contributed by atoms with Gasteiger partial charge >= 0.3 is 0 Å². The van der Waals surface area contributed by atoms with E-state index in [1.807, 2.05) is 18.2 Å². The molecule has 0 fully saturated rings. The number of hydrogen-bond acceptors (Lipinski definition) is 4. The monoisotopic (exact) mass is 289 g/mol. The molecule has 21 heavy (non-hydrogen) atoms. The zero-order valence-electron chi connectivity index (χ0n) is 11.4. The number of rotatable bonds is 4. The van der Waals surface area contributed by atoms with Crippen molar-refractivity contribution in [3.63, 3.8) is 0 Å². The first-order chi connectivity index (χ1) is 10.1. The van der Waals surface area contributed by atoms with Crippen molar-refractivity contribution in [1.29, 1.82) is 0 Å². The highest BCUT2D eigenvalue weighted by molar-refractivity contribution is 5.76. The highest BCUT2D eigenvalue weighted by Crippen LogP contribution is 2.21. The molecular weight excluding hydrogens is 276 g/mol. The van der Waals surface area contributed by atoms with Crippen molar-refractivity contribution >= 4 is 16.8 Å². The minimum absolute atomic E-state index is 0.159. The van der Waals surface area contributed by atoms with Crippen LogP contribution in [0.4, 0.5) is 14.5 Å². The molecule has 108 valence electrons. The molecule has 4 nitrogen and oxygen atoms in total. The fourth-order valence-corrected chi connectivity index (χ4v) is 2.22. The van der Waals surface area contributed by atoms with E-state index in [4.69, 9.17) is 4.42 Å². The van der Waals surface area contributed by atoms with Gasteiger partial charge in [0, 0.05) is 13.5 Å². The minimum atomic E-state index is -0.703. The van der Waals surface area contributed by atoms with Crippen molar-refractivity contribution in [1.82, 2.24) is 9.97 Å². The molecule has 2 aromatic heterocycles. The maximum absolute atomic E-state index is 13.4.